The lowest BCUT2D eigenvalue weighted by atomic mass is 10.1. The number of phenols is 1. The molecule has 84 valence electrons. The second-order valence-electron chi connectivity index (χ2n) is 3.33. The third-order valence-corrected chi connectivity index (χ3v) is 3.21. The number of benzene rings is 2. The van der Waals surface area contributed by atoms with Crippen LogP contribution in [-0.2, 0) is 10.1 Å². The molecule has 16 heavy (non-hydrogen) atoms. The Morgan fingerprint density at radius 3 is 2.44 bits per heavy atom. The van der Waals surface area contributed by atoms with Crippen LogP contribution in [0.2, 0.25) is 0 Å². The largest absolute Gasteiger partial charge is 0.507 e. The Hall–Kier alpha value is -1.79. The Morgan fingerprint density at radius 2 is 1.81 bits per heavy atom. The first kappa shape index (κ1) is 10.7. The van der Waals surface area contributed by atoms with Gasteiger partial charge >= 0.3 is 0 Å². The lowest BCUT2D eigenvalue weighted by Crippen LogP contribution is -2.03. The minimum Gasteiger partial charge on any atom is -0.507 e. The van der Waals surface area contributed by atoms with Crippen LogP contribution in [0.4, 0.5) is 5.69 Å². The van der Waals surface area contributed by atoms with Crippen molar-refractivity contribution in [2.75, 3.05) is 5.73 Å². The molecule has 0 bridgehead atoms. The van der Waals surface area contributed by atoms with E-state index in [1.807, 2.05) is 0 Å². The van der Waals surface area contributed by atoms with E-state index in [0.717, 1.165) is 0 Å². The summed E-state index contributed by atoms with van der Waals surface area (Å²) in [5.41, 5.74) is 5.45. The van der Waals surface area contributed by atoms with Crippen LogP contribution in [0.3, 0.4) is 0 Å². The number of hydrogen-bond donors (Lipinski definition) is 3. The molecule has 2 aromatic rings. The van der Waals surface area contributed by atoms with Crippen molar-refractivity contribution in [3.8, 4) is 5.75 Å². The van der Waals surface area contributed by atoms with Crippen molar-refractivity contribution in [1.29, 1.82) is 0 Å². The number of fused-ring (bicyclic) bond motifs is 1. The van der Waals surface area contributed by atoms with Gasteiger partial charge in [0.25, 0.3) is 10.1 Å². The fourth-order valence-corrected chi connectivity index (χ4v) is 2.21. The highest BCUT2D eigenvalue weighted by Crippen LogP contribution is 2.33. The molecule has 4 N–H and O–H groups in total. The van der Waals surface area contributed by atoms with Gasteiger partial charge in [-0.15, -0.1) is 0 Å². The zero-order valence-corrected chi connectivity index (χ0v) is 8.90. The molecular weight excluding hydrogens is 230 g/mol. The summed E-state index contributed by atoms with van der Waals surface area (Å²) in [6.45, 7) is 0. The van der Waals surface area contributed by atoms with Crippen molar-refractivity contribution in [3.63, 3.8) is 0 Å². The third-order valence-electron chi connectivity index (χ3n) is 2.30. The van der Waals surface area contributed by atoms with E-state index >= 15 is 0 Å². The van der Waals surface area contributed by atoms with E-state index in [-0.39, 0.29) is 16.8 Å². The van der Waals surface area contributed by atoms with Crippen LogP contribution in [0.5, 0.6) is 5.75 Å². The SMILES string of the molecule is Nc1c(S(=O)(=O)O)ccc2cccc(O)c12. The van der Waals surface area contributed by atoms with Crippen molar-refractivity contribution in [2.45, 2.75) is 4.90 Å². The van der Waals surface area contributed by atoms with E-state index in [1.165, 1.54) is 18.2 Å². The van der Waals surface area contributed by atoms with Gasteiger partial charge in [0.05, 0.1) is 5.69 Å². The smallest absolute Gasteiger partial charge is 0.296 e. The molecule has 0 aliphatic heterocycles. The topological polar surface area (TPSA) is 101 Å². The molecule has 2 aromatic carbocycles. The number of anilines is 1. The molecule has 0 radical (unpaired) electrons. The Bertz CT molecular complexity index is 664. The molecule has 0 aliphatic carbocycles. The van der Waals surface area contributed by atoms with Gasteiger partial charge in [0.15, 0.2) is 0 Å². The molecule has 0 saturated carbocycles. The average Bonchev–Trinajstić information content (AvgIpc) is 2.16. The maximum absolute atomic E-state index is 11.0. The van der Waals surface area contributed by atoms with Gasteiger partial charge in [-0.1, -0.05) is 18.2 Å². The highest BCUT2D eigenvalue weighted by atomic mass is 32.2. The van der Waals surface area contributed by atoms with Crippen LogP contribution in [0.1, 0.15) is 0 Å². The number of nitrogens with two attached hydrogens (primary N) is 1. The molecule has 0 aromatic heterocycles. The molecule has 0 spiro atoms. The third kappa shape index (κ3) is 1.58. The maximum Gasteiger partial charge on any atom is 0.296 e. The predicted octanol–water partition coefficient (Wildman–Crippen LogP) is 1.37. The summed E-state index contributed by atoms with van der Waals surface area (Å²) in [6.07, 6.45) is 0. The summed E-state index contributed by atoms with van der Waals surface area (Å²) in [4.78, 5) is -0.401. The Balaban J connectivity index is 2.95. The fraction of sp³-hybridized carbons (Fsp3) is 0. The van der Waals surface area contributed by atoms with E-state index in [9.17, 15) is 13.5 Å². The fourth-order valence-electron chi connectivity index (χ4n) is 1.59. The molecule has 0 amide bonds. The molecule has 0 atom stereocenters. The summed E-state index contributed by atoms with van der Waals surface area (Å²) in [5, 5.41) is 10.4. The van der Waals surface area contributed by atoms with Crippen LogP contribution >= 0.6 is 0 Å². The summed E-state index contributed by atoms with van der Waals surface area (Å²) in [5.74, 6) is -0.125. The standard InChI is InChI=1S/C10H9NO4S/c11-10-8(16(13,14)15)5-4-6-2-1-3-7(12)9(6)10/h1-5,12H,11H2,(H,13,14,15). The quantitative estimate of drug-likeness (QED) is 0.515. The van der Waals surface area contributed by atoms with E-state index in [4.69, 9.17) is 10.3 Å². The van der Waals surface area contributed by atoms with Crippen LogP contribution in [-0.4, -0.2) is 18.1 Å². The average molecular weight is 239 g/mol. The summed E-state index contributed by atoms with van der Waals surface area (Å²) >= 11 is 0. The highest BCUT2D eigenvalue weighted by Gasteiger charge is 2.17. The molecule has 0 heterocycles. The van der Waals surface area contributed by atoms with Crippen molar-refractivity contribution in [3.05, 3.63) is 30.3 Å². The maximum atomic E-state index is 11.0. The normalized spacial score (nSPS) is 11.8. The zero-order valence-electron chi connectivity index (χ0n) is 8.08. The molecular formula is C10H9NO4S. The van der Waals surface area contributed by atoms with Crippen molar-refractivity contribution >= 4 is 26.6 Å². The number of rotatable bonds is 1. The molecule has 5 nitrogen and oxygen atoms in total. The minimum absolute atomic E-state index is 0.125. The number of aromatic hydroxyl groups is 1. The molecule has 0 aliphatic rings. The van der Waals surface area contributed by atoms with Crippen molar-refractivity contribution in [2.24, 2.45) is 0 Å². The second-order valence-corrected chi connectivity index (χ2v) is 4.72. The van der Waals surface area contributed by atoms with Crippen molar-refractivity contribution in [1.82, 2.24) is 0 Å². The van der Waals surface area contributed by atoms with Crippen LogP contribution < -0.4 is 5.73 Å². The zero-order chi connectivity index (χ0) is 11.9. The Labute approximate surface area is 91.9 Å². The predicted molar refractivity (Wildman–Crippen MR) is 59.8 cm³/mol. The Morgan fingerprint density at radius 1 is 1.12 bits per heavy atom. The van der Waals surface area contributed by atoms with Gasteiger partial charge in [-0.05, 0) is 17.5 Å². The van der Waals surface area contributed by atoms with E-state index < -0.39 is 15.0 Å². The number of nitrogen functional groups attached to an aromatic ring is 1. The monoisotopic (exact) mass is 239 g/mol. The molecule has 0 unspecified atom stereocenters. The summed E-state index contributed by atoms with van der Waals surface area (Å²) in [7, 11) is -4.38. The van der Waals surface area contributed by atoms with E-state index in [2.05, 4.69) is 0 Å². The second kappa shape index (κ2) is 3.36. The van der Waals surface area contributed by atoms with Gasteiger partial charge in [-0.25, -0.2) is 0 Å². The van der Waals surface area contributed by atoms with E-state index in [0.29, 0.717) is 5.39 Å². The summed E-state index contributed by atoms with van der Waals surface area (Å²) in [6, 6.07) is 7.36. The van der Waals surface area contributed by atoms with Crippen molar-refractivity contribution < 1.29 is 18.1 Å². The lowest BCUT2D eigenvalue weighted by molar-refractivity contribution is 0.481. The Kier molecular flexibility index (Phi) is 2.25. The van der Waals surface area contributed by atoms with Crippen LogP contribution in [0.25, 0.3) is 10.8 Å². The minimum atomic E-state index is -4.38. The van der Waals surface area contributed by atoms with Crippen LogP contribution in [0.15, 0.2) is 35.2 Å². The lowest BCUT2D eigenvalue weighted by Gasteiger charge is -2.07. The van der Waals surface area contributed by atoms with Crippen LogP contribution in [0, 0.1) is 0 Å². The first-order valence-electron chi connectivity index (χ1n) is 4.39. The van der Waals surface area contributed by atoms with Gasteiger partial charge in [-0.3, -0.25) is 4.55 Å². The van der Waals surface area contributed by atoms with Gasteiger partial charge < -0.3 is 10.8 Å². The number of hydrogen-bond acceptors (Lipinski definition) is 4. The molecule has 0 fully saturated rings. The number of phenolic OH excluding ortho intramolecular Hbond substituents is 1. The molecule has 0 saturated heterocycles. The van der Waals surface area contributed by atoms with Gasteiger partial charge in [0.2, 0.25) is 0 Å². The first-order chi connectivity index (χ1) is 7.41. The van der Waals surface area contributed by atoms with Gasteiger partial charge in [0, 0.05) is 5.39 Å². The van der Waals surface area contributed by atoms with Gasteiger partial charge in [-0.2, -0.15) is 8.42 Å². The highest BCUT2D eigenvalue weighted by molar-refractivity contribution is 7.86. The molecule has 6 heteroatoms. The van der Waals surface area contributed by atoms with E-state index in [1.54, 1.807) is 12.1 Å². The first-order valence-corrected chi connectivity index (χ1v) is 5.83. The van der Waals surface area contributed by atoms with Gasteiger partial charge in [0.1, 0.15) is 10.6 Å². The molecule has 2 rings (SSSR count). The summed E-state index contributed by atoms with van der Waals surface area (Å²) < 4.78 is 30.9.